The molecule has 2 unspecified atom stereocenters. The Morgan fingerprint density at radius 3 is 2.87 bits per heavy atom. The van der Waals surface area contributed by atoms with Crippen LogP contribution in [0.1, 0.15) is 44.2 Å². The van der Waals surface area contributed by atoms with E-state index in [0.29, 0.717) is 5.92 Å². The lowest BCUT2D eigenvalue weighted by molar-refractivity contribution is -0.0188. The van der Waals surface area contributed by atoms with E-state index in [1.54, 1.807) is 0 Å². The first-order valence-corrected chi connectivity index (χ1v) is 5.99. The van der Waals surface area contributed by atoms with Gasteiger partial charge in [-0.2, -0.15) is 0 Å². The predicted molar refractivity (Wildman–Crippen MR) is 62.7 cm³/mol. The Labute approximate surface area is 92.1 Å². The van der Waals surface area contributed by atoms with E-state index >= 15 is 0 Å². The molecule has 0 fully saturated rings. The first-order chi connectivity index (χ1) is 7.18. The Bertz CT molecular complexity index is 345. The zero-order chi connectivity index (χ0) is 10.9. The van der Waals surface area contributed by atoms with Crippen molar-refractivity contribution in [1.82, 2.24) is 0 Å². The van der Waals surface area contributed by atoms with Crippen LogP contribution < -0.4 is 0 Å². The second-order valence-electron chi connectivity index (χ2n) is 4.77. The van der Waals surface area contributed by atoms with Crippen LogP contribution in [-0.2, 0) is 12.0 Å². The summed E-state index contributed by atoms with van der Waals surface area (Å²) in [5, 5.41) is 10.7. The Hall–Kier alpha value is -0.820. The van der Waals surface area contributed by atoms with Crippen LogP contribution in [0.4, 0.5) is 0 Å². The number of benzene rings is 1. The third-order valence-corrected chi connectivity index (χ3v) is 3.80. The van der Waals surface area contributed by atoms with Crippen LogP contribution in [0.2, 0.25) is 0 Å². The van der Waals surface area contributed by atoms with Gasteiger partial charge in [0.2, 0.25) is 0 Å². The highest BCUT2D eigenvalue weighted by atomic mass is 16.3. The van der Waals surface area contributed by atoms with Crippen molar-refractivity contribution in [3.05, 3.63) is 35.4 Å². The van der Waals surface area contributed by atoms with Gasteiger partial charge in [0.05, 0.1) is 5.60 Å². The van der Waals surface area contributed by atoms with Crippen LogP contribution in [0.5, 0.6) is 0 Å². The summed E-state index contributed by atoms with van der Waals surface area (Å²) in [6.07, 6.45) is 4.17. The first-order valence-electron chi connectivity index (χ1n) is 5.99. The van der Waals surface area contributed by atoms with Crippen LogP contribution in [0, 0.1) is 5.92 Å². The molecule has 1 aromatic carbocycles. The van der Waals surface area contributed by atoms with Gasteiger partial charge in [0, 0.05) is 0 Å². The quantitative estimate of drug-likeness (QED) is 0.801. The van der Waals surface area contributed by atoms with Crippen molar-refractivity contribution in [1.29, 1.82) is 0 Å². The second-order valence-corrected chi connectivity index (χ2v) is 4.77. The van der Waals surface area contributed by atoms with Crippen molar-refractivity contribution in [2.24, 2.45) is 5.92 Å². The molecule has 0 amide bonds. The smallest absolute Gasteiger partial charge is 0.0927 e. The van der Waals surface area contributed by atoms with E-state index in [4.69, 9.17) is 0 Å². The standard InChI is InChI=1S/C14H20O/c1-3-6-11(2)14(15)10-9-12-7-4-5-8-13(12)14/h4-5,7-8,11,15H,3,6,9-10H2,1-2H3. The number of rotatable bonds is 3. The highest BCUT2D eigenvalue weighted by Gasteiger charge is 2.40. The second kappa shape index (κ2) is 3.97. The van der Waals surface area contributed by atoms with Gasteiger partial charge >= 0.3 is 0 Å². The zero-order valence-electron chi connectivity index (χ0n) is 9.66. The predicted octanol–water partition coefficient (Wildman–Crippen LogP) is 3.26. The molecule has 1 aliphatic carbocycles. The monoisotopic (exact) mass is 204 g/mol. The van der Waals surface area contributed by atoms with Gasteiger partial charge in [0.15, 0.2) is 0 Å². The summed E-state index contributed by atoms with van der Waals surface area (Å²) in [5.41, 5.74) is 1.95. The molecule has 1 N–H and O–H groups in total. The molecule has 0 radical (unpaired) electrons. The molecule has 0 spiro atoms. The largest absolute Gasteiger partial charge is 0.385 e. The van der Waals surface area contributed by atoms with Gasteiger partial charge in [-0.3, -0.25) is 0 Å². The number of fused-ring (bicyclic) bond motifs is 1. The van der Waals surface area contributed by atoms with Gasteiger partial charge in [0.25, 0.3) is 0 Å². The lowest BCUT2D eigenvalue weighted by Gasteiger charge is -2.31. The molecule has 1 aromatic rings. The molecule has 0 bridgehead atoms. The van der Waals surface area contributed by atoms with Crippen molar-refractivity contribution in [2.45, 2.75) is 45.1 Å². The van der Waals surface area contributed by atoms with E-state index in [0.717, 1.165) is 25.7 Å². The minimum Gasteiger partial charge on any atom is -0.385 e. The molecule has 1 aliphatic rings. The summed E-state index contributed by atoms with van der Waals surface area (Å²) in [6.45, 7) is 4.35. The minimum absolute atomic E-state index is 0.367. The van der Waals surface area contributed by atoms with Crippen molar-refractivity contribution in [3.8, 4) is 0 Å². The van der Waals surface area contributed by atoms with Gasteiger partial charge < -0.3 is 5.11 Å². The molecule has 2 atom stereocenters. The molecule has 2 rings (SSSR count). The Morgan fingerprint density at radius 1 is 1.40 bits per heavy atom. The fourth-order valence-corrected chi connectivity index (χ4v) is 2.80. The highest BCUT2D eigenvalue weighted by molar-refractivity contribution is 5.37. The molecule has 0 aromatic heterocycles. The van der Waals surface area contributed by atoms with Crippen molar-refractivity contribution in [3.63, 3.8) is 0 Å². The normalized spacial score (nSPS) is 26.3. The molecule has 0 aliphatic heterocycles. The highest BCUT2D eigenvalue weighted by Crippen LogP contribution is 2.43. The van der Waals surface area contributed by atoms with E-state index in [9.17, 15) is 5.11 Å². The molecule has 0 saturated heterocycles. The molecule has 15 heavy (non-hydrogen) atoms. The van der Waals surface area contributed by atoms with Gasteiger partial charge in [-0.1, -0.05) is 44.5 Å². The summed E-state index contributed by atoms with van der Waals surface area (Å²) in [7, 11) is 0. The number of aliphatic hydroxyl groups is 1. The third kappa shape index (κ3) is 1.69. The van der Waals surface area contributed by atoms with Crippen LogP contribution in [-0.4, -0.2) is 5.11 Å². The lowest BCUT2D eigenvalue weighted by atomic mass is 9.81. The van der Waals surface area contributed by atoms with Gasteiger partial charge in [-0.05, 0) is 36.3 Å². The maximum Gasteiger partial charge on any atom is 0.0927 e. The van der Waals surface area contributed by atoms with E-state index in [1.165, 1.54) is 11.1 Å². The summed E-state index contributed by atoms with van der Waals surface area (Å²) < 4.78 is 0. The van der Waals surface area contributed by atoms with E-state index in [-0.39, 0.29) is 0 Å². The average Bonchev–Trinajstić information content (AvgIpc) is 2.59. The number of hydrogen-bond acceptors (Lipinski definition) is 1. The molecule has 82 valence electrons. The van der Waals surface area contributed by atoms with Crippen LogP contribution >= 0.6 is 0 Å². The fraction of sp³-hybridized carbons (Fsp3) is 0.571. The molecule has 0 saturated carbocycles. The molecule has 1 heteroatoms. The van der Waals surface area contributed by atoms with E-state index < -0.39 is 5.60 Å². The van der Waals surface area contributed by atoms with Gasteiger partial charge in [-0.25, -0.2) is 0 Å². The van der Waals surface area contributed by atoms with E-state index in [2.05, 4.69) is 32.0 Å². The summed E-state index contributed by atoms with van der Waals surface area (Å²) in [5.74, 6) is 0.367. The zero-order valence-corrected chi connectivity index (χ0v) is 9.66. The SMILES string of the molecule is CCCC(C)C1(O)CCc2ccccc21. The van der Waals surface area contributed by atoms with Crippen LogP contribution in [0.25, 0.3) is 0 Å². The lowest BCUT2D eigenvalue weighted by Crippen LogP contribution is -2.30. The van der Waals surface area contributed by atoms with E-state index in [1.807, 2.05) is 6.07 Å². The number of aryl methyl sites for hydroxylation is 1. The average molecular weight is 204 g/mol. The Kier molecular flexibility index (Phi) is 2.83. The van der Waals surface area contributed by atoms with Crippen molar-refractivity contribution in [2.75, 3.05) is 0 Å². The Morgan fingerprint density at radius 2 is 2.13 bits per heavy atom. The van der Waals surface area contributed by atoms with Crippen molar-refractivity contribution >= 4 is 0 Å². The molecule has 0 heterocycles. The van der Waals surface area contributed by atoms with Gasteiger partial charge in [-0.15, -0.1) is 0 Å². The molecule has 1 nitrogen and oxygen atoms in total. The fourth-order valence-electron chi connectivity index (χ4n) is 2.80. The summed E-state index contributed by atoms with van der Waals surface area (Å²) >= 11 is 0. The minimum atomic E-state index is -0.563. The molecular weight excluding hydrogens is 184 g/mol. The van der Waals surface area contributed by atoms with Crippen LogP contribution in [0.3, 0.4) is 0 Å². The Balaban J connectivity index is 2.32. The first kappa shape index (κ1) is 10.7. The molecular formula is C14H20O. The third-order valence-electron chi connectivity index (χ3n) is 3.80. The summed E-state index contributed by atoms with van der Waals surface area (Å²) in [4.78, 5) is 0. The summed E-state index contributed by atoms with van der Waals surface area (Å²) in [6, 6.07) is 8.34. The topological polar surface area (TPSA) is 20.2 Å². The van der Waals surface area contributed by atoms with Crippen molar-refractivity contribution < 1.29 is 5.11 Å². The maximum absolute atomic E-state index is 10.7. The van der Waals surface area contributed by atoms with Gasteiger partial charge in [0.1, 0.15) is 0 Å². The maximum atomic E-state index is 10.7. The van der Waals surface area contributed by atoms with Crippen LogP contribution in [0.15, 0.2) is 24.3 Å². The number of hydrogen-bond donors (Lipinski definition) is 1.